The molecule has 146 valence electrons. The van der Waals surface area contributed by atoms with Crippen LogP contribution >= 0.6 is 0 Å². The molecule has 0 spiro atoms. The maximum absolute atomic E-state index is 13.9. The minimum absolute atomic E-state index is 0.0900. The van der Waals surface area contributed by atoms with Crippen molar-refractivity contribution in [2.45, 2.75) is 13.1 Å². The van der Waals surface area contributed by atoms with Gasteiger partial charge in [0.1, 0.15) is 17.5 Å². The van der Waals surface area contributed by atoms with Gasteiger partial charge in [0.05, 0.1) is 19.3 Å². The number of aromatic nitrogens is 4. The third-order valence-electron chi connectivity index (χ3n) is 4.57. The van der Waals surface area contributed by atoms with Crippen molar-refractivity contribution >= 4 is 16.9 Å². The third-order valence-corrected chi connectivity index (χ3v) is 4.57. The summed E-state index contributed by atoms with van der Waals surface area (Å²) in [4.78, 5) is 29.1. The average Bonchev–Trinajstić information content (AvgIpc) is 3.16. The SMILES string of the molecule is O=C(NCCn1ncc2c(=O)n(Cc3ccccc3F)cnc21)c1ccccc1. The first kappa shape index (κ1) is 18.5. The molecule has 8 heteroatoms. The lowest BCUT2D eigenvalue weighted by molar-refractivity contribution is 0.0952. The number of fused-ring (bicyclic) bond motifs is 1. The van der Waals surface area contributed by atoms with E-state index in [1.807, 2.05) is 6.07 Å². The van der Waals surface area contributed by atoms with Crippen molar-refractivity contribution in [2.75, 3.05) is 6.54 Å². The van der Waals surface area contributed by atoms with Gasteiger partial charge < -0.3 is 5.32 Å². The summed E-state index contributed by atoms with van der Waals surface area (Å²) in [5, 5.41) is 7.37. The van der Waals surface area contributed by atoms with Crippen molar-refractivity contribution in [1.82, 2.24) is 24.6 Å². The van der Waals surface area contributed by atoms with Crippen LogP contribution in [0.3, 0.4) is 0 Å². The van der Waals surface area contributed by atoms with Crippen molar-refractivity contribution in [3.05, 3.63) is 94.4 Å². The van der Waals surface area contributed by atoms with Crippen LogP contribution in [0.25, 0.3) is 11.0 Å². The van der Waals surface area contributed by atoms with E-state index in [9.17, 15) is 14.0 Å². The van der Waals surface area contributed by atoms with Crippen LogP contribution in [0.5, 0.6) is 0 Å². The first-order valence-electron chi connectivity index (χ1n) is 9.11. The van der Waals surface area contributed by atoms with E-state index in [4.69, 9.17) is 0 Å². The molecule has 0 fully saturated rings. The zero-order valence-corrected chi connectivity index (χ0v) is 15.5. The van der Waals surface area contributed by atoms with Gasteiger partial charge in [0.25, 0.3) is 11.5 Å². The van der Waals surface area contributed by atoms with Crippen LogP contribution < -0.4 is 10.9 Å². The number of hydrogen-bond acceptors (Lipinski definition) is 4. The second kappa shape index (κ2) is 8.05. The van der Waals surface area contributed by atoms with Gasteiger partial charge in [0.2, 0.25) is 0 Å². The Morgan fingerprint density at radius 2 is 1.83 bits per heavy atom. The van der Waals surface area contributed by atoms with Gasteiger partial charge in [-0.15, -0.1) is 0 Å². The molecule has 0 saturated heterocycles. The van der Waals surface area contributed by atoms with E-state index in [0.29, 0.717) is 35.2 Å². The maximum Gasteiger partial charge on any atom is 0.264 e. The van der Waals surface area contributed by atoms with Crippen molar-refractivity contribution in [1.29, 1.82) is 0 Å². The van der Waals surface area contributed by atoms with Gasteiger partial charge in [-0.3, -0.25) is 14.2 Å². The van der Waals surface area contributed by atoms with E-state index >= 15 is 0 Å². The van der Waals surface area contributed by atoms with Crippen molar-refractivity contribution < 1.29 is 9.18 Å². The molecule has 2 aromatic carbocycles. The fraction of sp³-hybridized carbons (Fsp3) is 0.143. The van der Waals surface area contributed by atoms with Crippen molar-refractivity contribution in [2.24, 2.45) is 0 Å². The maximum atomic E-state index is 13.9. The molecule has 2 heterocycles. The summed E-state index contributed by atoms with van der Waals surface area (Å²) in [5.41, 5.74) is 1.12. The van der Waals surface area contributed by atoms with Gasteiger partial charge in [0, 0.05) is 17.7 Å². The second-order valence-corrected chi connectivity index (χ2v) is 6.50. The van der Waals surface area contributed by atoms with Gasteiger partial charge in [-0.1, -0.05) is 36.4 Å². The highest BCUT2D eigenvalue weighted by Crippen LogP contribution is 2.10. The Labute approximate surface area is 165 Å². The summed E-state index contributed by atoms with van der Waals surface area (Å²) in [6.07, 6.45) is 2.83. The van der Waals surface area contributed by atoms with Gasteiger partial charge >= 0.3 is 0 Å². The zero-order chi connectivity index (χ0) is 20.2. The quantitative estimate of drug-likeness (QED) is 0.546. The van der Waals surface area contributed by atoms with E-state index in [1.165, 1.54) is 23.2 Å². The number of halogens is 1. The molecule has 2 aromatic heterocycles. The molecule has 7 nitrogen and oxygen atoms in total. The molecule has 0 bridgehead atoms. The molecule has 0 aliphatic rings. The lowest BCUT2D eigenvalue weighted by Crippen LogP contribution is -2.27. The lowest BCUT2D eigenvalue weighted by atomic mass is 10.2. The summed E-state index contributed by atoms with van der Waals surface area (Å²) < 4.78 is 16.8. The topological polar surface area (TPSA) is 81.8 Å². The zero-order valence-electron chi connectivity index (χ0n) is 15.5. The van der Waals surface area contributed by atoms with Crippen LogP contribution in [0, 0.1) is 5.82 Å². The predicted molar refractivity (Wildman–Crippen MR) is 106 cm³/mol. The summed E-state index contributed by atoms with van der Waals surface area (Å²) in [7, 11) is 0. The van der Waals surface area contributed by atoms with Crippen LogP contribution in [-0.4, -0.2) is 31.8 Å². The van der Waals surface area contributed by atoms with Gasteiger partial charge in [-0.2, -0.15) is 5.10 Å². The van der Waals surface area contributed by atoms with Crippen LogP contribution in [0.2, 0.25) is 0 Å². The number of amides is 1. The lowest BCUT2D eigenvalue weighted by Gasteiger charge is -2.08. The Morgan fingerprint density at radius 1 is 1.07 bits per heavy atom. The molecular formula is C21H18FN5O2. The largest absolute Gasteiger partial charge is 0.350 e. The van der Waals surface area contributed by atoms with Gasteiger partial charge in [0.15, 0.2) is 5.65 Å². The van der Waals surface area contributed by atoms with Gasteiger partial charge in [-0.25, -0.2) is 14.1 Å². The number of benzene rings is 2. The summed E-state index contributed by atoms with van der Waals surface area (Å²) in [5.74, 6) is -0.549. The van der Waals surface area contributed by atoms with E-state index in [2.05, 4.69) is 15.4 Å². The fourth-order valence-corrected chi connectivity index (χ4v) is 3.05. The average molecular weight is 391 g/mol. The Hall–Kier alpha value is -3.81. The van der Waals surface area contributed by atoms with Crippen molar-refractivity contribution in [3.8, 4) is 0 Å². The third kappa shape index (κ3) is 3.91. The normalized spacial score (nSPS) is 10.9. The highest BCUT2D eigenvalue weighted by atomic mass is 19.1. The Balaban J connectivity index is 1.48. The minimum Gasteiger partial charge on any atom is -0.350 e. The Bertz CT molecular complexity index is 1220. The molecule has 0 atom stereocenters. The van der Waals surface area contributed by atoms with Crippen molar-refractivity contribution in [3.63, 3.8) is 0 Å². The predicted octanol–water partition coefficient (Wildman–Crippen LogP) is 2.21. The van der Waals surface area contributed by atoms with Crippen LogP contribution in [0.4, 0.5) is 4.39 Å². The van der Waals surface area contributed by atoms with Crippen LogP contribution in [0.1, 0.15) is 15.9 Å². The number of hydrogen-bond donors (Lipinski definition) is 1. The Morgan fingerprint density at radius 3 is 2.62 bits per heavy atom. The van der Waals surface area contributed by atoms with Gasteiger partial charge in [-0.05, 0) is 18.2 Å². The molecule has 0 saturated carbocycles. The monoisotopic (exact) mass is 391 g/mol. The number of nitrogens with zero attached hydrogens (tertiary/aromatic N) is 4. The van der Waals surface area contributed by atoms with E-state index in [-0.39, 0.29) is 23.8 Å². The van der Waals surface area contributed by atoms with E-state index in [0.717, 1.165) is 0 Å². The molecule has 4 aromatic rings. The number of nitrogens with one attached hydrogen (secondary N) is 1. The Kier molecular flexibility index (Phi) is 5.15. The smallest absolute Gasteiger partial charge is 0.264 e. The molecule has 29 heavy (non-hydrogen) atoms. The molecular weight excluding hydrogens is 373 g/mol. The number of carbonyl (C=O) groups is 1. The number of rotatable bonds is 6. The summed E-state index contributed by atoms with van der Waals surface area (Å²) in [6.45, 7) is 0.795. The fourth-order valence-electron chi connectivity index (χ4n) is 3.05. The molecule has 1 amide bonds. The molecule has 4 rings (SSSR count). The standard InChI is InChI=1S/C21H18FN5O2/c22-18-9-5-4-8-16(18)13-26-14-24-19-17(21(26)29)12-25-27(19)11-10-23-20(28)15-6-2-1-3-7-15/h1-9,12,14H,10-11,13H2,(H,23,28). The molecule has 0 aliphatic heterocycles. The first-order chi connectivity index (χ1) is 14.1. The summed E-state index contributed by atoms with van der Waals surface area (Å²) >= 11 is 0. The highest BCUT2D eigenvalue weighted by Gasteiger charge is 2.12. The highest BCUT2D eigenvalue weighted by molar-refractivity contribution is 5.94. The molecule has 0 unspecified atom stereocenters. The minimum atomic E-state index is -0.371. The molecule has 0 aliphatic carbocycles. The van der Waals surface area contributed by atoms with E-state index in [1.54, 1.807) is 47.1 Å². The van der Waals surface area contributed by atoms with Crippen LogP contribution in [0.15, 0.2) is 71.9 Å². The van der Waals surface area contributed by atoms with E-state index < -0.39 is 0 Å². The molecule has 0 radical (unpaired) electrons. The second-order valence-electron chi connectivity index (χ2n) is 6.50. The number of carbonyl (C=O) groups excluding carboxylic acids is 1. The summed E-state index contributed by atoms with van der Waals surface area (Å²) in [6, 6.07) is 15.2. The van der Waals surface area contributed by atoms with Crippen LogP contribution in [-0.2, 0) is 13.1 Å². The first-order valence-corrected chi connectivity index (χ1v) is 9.11. The molecule has 1 N–H and O–H groups in total.